The van der Waals surface area contributed by atoms with Crippen molar-refractivity contribution >= 4 is 62.7 Å². The molecule has 1 saturated heterocycles. The van der Waals surface area contributed by atoms with Crippen molar-refractivity contribution < 1.29 is 14.3 Å². The Kier molecular flexibility index (Phi) is 5.24. The lowest BCUT2D eigenvalue weighted by Crippen LogP contribution is -2.19. The van der Waals surface area contributed by atoms with Gasteiger partial charge in [-0.3, -0.25) is 14.9 Å². The Hall–Kier alpha value is -2.23. The van der Waals surface area contributed by atoms with Gasteiger partial charge >= 0.3 is 0 Å². The number of thiazole rings is 1. The Bertz CT molecular complexity index is 801. The molecule has 3 rings (SSSR count). The highest BCUT2D eigenvalue weighted by atomic mass is 32.2. The third kappa shape index (κ3) is 4.40. The Labute approximate surface area is 151 Å². The molecule has 0 bridgehead atoms. The standard InChI is InChI=1S/C15H11N3O3S3/c19-12(17-14-16-5-6-23-14)8-21-10-3-1-9(2-4-10)7-11-13(20)18-15(22)24-11/h1-7H,8H2,(H,16,17,19)(H,18,20,22)/b11-7-. The summed E-state index contributed by atoms with van der Waals surface area (Å²) < 4.78 is 5.87. The molecule has 9 heteroatoms. The summed E-state index contributed by atoms with van der Waals surface area (Å²) in [6.07, 6.45) is 3.36. The van der Waals surface area contributed by atoms with Crippen LogP contribution in [0.15, 0.2) is 40.7 Å². The zero-order chi connectivity index (χ0) is 16.9. The second-order valence-electron chi connectivity index (χ2n) is 4.60. The minimum atomic E-state index is -0.274. The van der Waals surface area contributed by atoms with Crippen LogP contribution in [0.2, 0.25) is 0 Å². The van der Waals surface area contributed by atoms with E-state index in [0.29, 0.717) is 20.1 Å². The molecule has 1 aromatic heterocycles. The van der Waals surface area contributed by atoms with Gasteiger partial charge in [0.15, 0.2) is 11.7 Å². The predicted molar refractivity (Wildman–Crippen MR) is 99.0 cm³/mol. The monoisotopic (exact) mass is 377 g/mol. The van der Waals surface area contributed by atoms with E-state index in [1.807, 2.05) is 0 Å². The number of nitrogens with zero attached hydrogens (tertiary/aromatic N) is 1. The smallest absolute Gasteiger partial charge is 0.264 e. The first-order valence-corrected chi connectivity index (χ1v) is 8.88. The number of amides is 2. The molecule has 0 spiro atoms. The zero-order valence-electron chi connectivity index (χ0n) is 12.1. The number of aromatic nitrogens is 1. The maximum Gasteiger partial charge on any atom is 0.264 e. The quantitative estimate of drug-likeness (QED) is 0.616. The second-order valence-corrected chi connectivity index (χ2v) is 7.21. The summed E-state index contributed by atoms with van der Waals surface area (Å²) in [5.74, 6) is 0.0957. The van der Waals surface area contributed by atoms with Crippen molar-refractivity contribution in [2.24, 2.45) is 0 Å². The van der Waals surface area contributed by atoms with Crippen LogP contribution in [0.5, 0.6) is 5.75 Å². The van der Waals surface area contributed by atoms with E-state index in [1.165, 1.54) is 23.1 Å². The van der Waals surface area contributed by atoms with Gasteiger partial charge in [-0.25, -0.2) is 4.98 Å². The first-order chi connectivity index (χ1) is 11.6. The van der Waals surface area contributed by atoms with E-state index < -0.39 is 0 Å². The van der Waals surface area contributed by atoms with Crippen LogP contribution < -0.4 is 15.4 Å². The molecule has 0 radical (unpaired) electrons. The molecule has 122 valence electrons. The molecule has 2 heterocycles. The summed E-state index contributed by atoms with van der Waals surface area (Å²) in [5, 5.41) is 7.51. The number of carbonyl (C=O) groups excluding carboxylic acids is 2. The predicted octanol–water partition coefficient (Wildman–Crippen LogP) is 2.65. The number of ether oxygens (including phenoxy) is 1. The van der Waals surface area contributed by atoms with E-state index in [-0.39, 0.29) is 18.4 Å². The molecule has 2 aromatic rings. The third-order valence-corrected chi connectivity index (χ3v) is 4.72. The fourth-order valence-corrected chi connectivity index (χ4v) is 3.41. The van der Waals surface area contributed by atoms with E-state index in [0.717, 1.165) is 5.56 Å². The first-order valence-electron chi connectivity index (χ1n) is 6.77. The Morgan fingerprint density at radius 2 is 2.17 bits per heavy atom. The number of benzene rings is 1. The van der Waals surface area contributed by atoms with Crippen LogP contribution in [-0.4, -0.2) is 27.7 Å². The lowest BCUT2D eigenvalue weighted by molar-refractivity contribution is -0.118. The highest BCUT2D eigenvalue weighted by Gasteiger charge is 2.21. The minimum Gasteiger partial charge on any atom is -0.484 e. The molecule has 1 aliphatic heterocycles. The number of thioether (sulfide) groups is 1. The maximum absolute atomic E-state index is 11.7. The molecular weight excluding hydrogens is 366 g/mol. The van der Waals surface area contributed by atoms with E-state index in [9.17, 15) is 9.59 Å². The van der Waals surface area contributed by atoms with Gasteiger partial charge in [-0.1, -0.05) is 36.1 Å². The SMILES string of the molecule is O=C(COc1ccc(/C=C2\SC(=S)NC2=O)cc1)Nc1nccs1. The number of hydrogen-bond acceptors (Lipinski definition) is 7. The van der Waals surface area contributed by atoms with Gasteiger partial charge in [0.25, 0.3) is 11.8 Å². The summed E-state index contributed by atoms with van der Waals surface area (Å²) >= 11 is 7.51. The normalized spacial score (nSPS) is 15.4. The molecule has 1 aliphatic rings. The minimum absolute atomic E-state index is 0.105. The molecule has 0 aliphatic carbocycles. The zero-order valence-corrected chi connectivity index (χ0v) is 14.6. The third-order valence-electron chi connectivity index (χ3n) is 2.87. The second kappa shape index (κ2) is 7.56. The fraction of sp³-hybridized carbons (Fsp3) is 0.0667. The summed E-state index contributed by atoms with van der Waals surface area (Å²) in [7, 11) is 0. The largest absolute Gasteiger partial charge is 0.484 e. The van der Waals surface area contributed by atoms with Crippen molar-refractivity contribution in [3.05, 3.63) is 46.3 Å². The van der Waals surface area contributed by atoms with Gasteiger partial charge in [-0.15, -0.1) is 11.3 Å². The van der Waals surface area contributed by atoms with Gasteiger partial charge in [0, 0.05) is 11.6 Å². The van der Waals surface area contributed by atoms with Crippen LogP contribution in [0.4, 0.5) is 5.13 Å². The summed E-state index contributed by atoms with van der Waals surface area (Å²) in [4.78, 5) is 27.8. The average Bonchev–Trinajstić information content (AvgIpc) is 3.16. The summed E-state index contributed by atoms with van der Waals surface area (Å²) in [5.41, 5.74) is 0.844. The van der Waals surface area contributed by atoms with Crippen LogP contribution in [0.3, 0.4) is 0 Å². The topological polar surface area (TPSA) is 80.3 Å². The molecule has 24 heavy (non-hydrogen) atoms. The van der Waals surface area contributed by atoms with Crippen molar-refractivity contribution in [2.45, 2.75) is 0 Å². The first kappa shape index (κ1) is 16.6. The molecule has 0 unspecified atom stereocenters. The number of thiocarbonyl (C=S) groups is 1. The van der Waals surface area contributed by atoms with Crippen LogP contribution >= 0.6 is 35.3 Å². The highest BCUT2D eigenvalue weighted by Crippen LogP contribution is 2.26. The lowest BCUT2D eigenvalue weighted by atomic mass is 10.2. The van der Waals surface area contributed by atoms with Crippen LogP contribution in [0.1, 0.15) is 5.56 Å². The van der Waals surface area contributed by atoms with Gasteiger partial charge in [0.05, 0.1) is 4.91 Å². The summed E-state index contributed by atoms with van der Waals surface area (Å²) in [6.45, 7) is -0.105. The van der Waals surface area contributed by atoms with Gasteiger partial charge in [0.2, 0.25) is 0 Å². The van der Waals surface area contributed by atoms with Crippen molar-refractivity contribution in [1.82, 2.24) is 10.3 Å². The molecule has 0 atom stereocenters. The Balaban J connectivity index is 1.55. The average molecular weight is 377 g/mol. The number of nitrogens with one attached hydrogen (secondary N) is 2. The molecule has 1 aromatic carbocycles. The van der Waals surface area contributed by atoms with E-state index in [2.05, 4.69) is 15.6 Å². The highest BCUT2D eigenvalue weighted by molar-refractivity contribution is 8.26. The molecule has 0 saturated carbocycles. The van der Waals surface area contributed by atoms with Gasteiger partial charge in [-0.2, -0.15) is 0 Å². The van der Waals surface area contributed by atoms with E-state index in [1.54, 1.807) is 41.9 Å². The molecule has 1 fully saturated rings. The number of anilines is 1. The van der Waals surface area contributed by atoms with Gasteiger partial charge in [-0.05, 0) is 23.8 Å². The van der Waals surface area contributed by atoms with Crippen molar-refractivity contribution in [3.63, 3.8) is 0 Å². The maximum atomic E-state index is 11.7. The van der Waals surface area contributed by atoms with E-state index in [4.69, 9.17) is 17.0 Å². The lowest BCUT2D eigenvalue weighted by Gasteiger charge is -2.06. The molecular formula is C15H11N3O3S3. The molecule has 6 nitrogen and oxygen atoms in total. The number of hydrogen-bond donors (Lipinski definition) is 2. The Morgan fingerprint density at radius 1 is 1.38 bits per heavy atom. The molecule has 2 amide bonds. The van der Waals surface area contributed by atoms with Gasteiger partial charge < -0.3 is 10.1 Å². The number of rotatable bonds is 5. The van der Waals surface area contributed by atoms with Crippen molar-refractivity contribution in [2.75, 3.05) is 11.9 Å². The molecule has 2 N–H and O–H groups in total. The number of carbonyl (C=O) groups is 2. The van der Waals surface area contributed by atoms with Crippen molar-refractivity contribution in [1.29, 1.82) is 0 Å². The van der Waals surface area contributed by atoms with E-state index >= 15 is 0 Å². The van der Waals surface area contributed by atoms with Crippen LogP contribution in [0, 0.1) is 0 Å². The fourth-order valence-electron chi connectivity index (χ4n) is 1.82. The Morgan fingerprint density at radius 3 is 2.79 bits per heavy atom. The van der Waals surface area contributed by atoms with Crippen LogP contribution in [0.25, 0.3) is 6.08 Å². The van der Waals surface area contributed by atoms with Gasteiger partial charge in [0.1, 0.15) is 10.1 Å². The van der Waals surface area contributed by atoms with Crippen LogP contribution in [-0.2, 0) is 9.59 Å². The summed E-state index contributed by atoms with van der Waals surface area (Å²) in [6, 6.07) is 7.07. The van der Waals surface area contributed by atoms with Crippen molar-refractivity contribution in [3.8, 4) is 5.75 Å².